The van der Waals surface area contributed by atoms with E-state index < -0.39 is 27.6 Å². The van der Waals surface area contributed by atoms with Crippen molar-refractivity contribution >= 4 is 15.9 Å². The van der Waals surface area contributed by atoms with Crippen molar-refractivity contribution in [3.8, 4) is 0 Å². The van der Waals surface area contributed by atoms with Crippen molar-refractivity contribution in [1.29, 1.82) is 0 Å². The number of alkyl carbamates (subject to hydrolysis) is 1. The average Bonchev–Trinajstić information content (AvgIpc) is 2.64. The van der Waals surface area contributed by atoms with Gasteiger partial charge in [-0.15, -0.1) is 0 Å². The van der Waals surface area contributed by atoms with Crippen LogP contribution in [0.4, 0.5) is 4.79 Å². The lowest BCUT2D eigenvalue weighted by Crippen LogP contribution is -2.38. The maximum Gasteiger partial charge on any atom is 0.408 e. The molecular weight excluding hydrogens is 374 g/mol. The molecule has 1 amide bonds. The third-order valence-electron chi connectivity index (χ3n) is 3.85. The van der Waals surface area contributed by atoms with Crippen molar-refractivity contribution in [1.82, 2.24) is 5.32 Å². The summed E-state index contributed by atoms with van der Waals surface area (Å²) < 4.78 is 30.3. The predicted molar refractivity (Wildman–Crippen MR) is 111 cm³/mol. The van der Waals surface area contributed by atoms with E-state index in [0.29, 0.717) is 12.8 Å². The highest BCUT2D eigenvalue weighted by Crippen LogP contribution is 2.14. The van der Waals surface area contributed by atoms with Gasteiger partial charge in [-0.25, -0.2) is 13.2 Å². The molecule has 28 heavy (non-hydrogen) atoms. The van der Waals surface area contributed by atoms with E-state index in [2.05, 4.69) is 5.32 Å². The van der Waals surface area contributed by atoms with Gasteiger partial charge in [0.2, 0.25) is 0 Å². The summed E-state index contributed by atoms with van der Waals surface area (Å²) in [5.74, 6) is 0. The molecule has 1 atom stereocenters. The number of sulfone groups is 1. The molecule has 0 saturated carbocycles. The van der Waals surface area contributed by atoms with Crippen LogP contribution in [-0.4, -0.2) is 26.2 Å². The predicted octanol–water partition coefficient (Wildman–Crippen LogP) is 4.50. The molecule has 0 aliphatic carbocycles. The molecular formula is C22H27NO4S. The fourth-order valence-corrected chi connectivity index (χ4v) is 3.62. The number of carbonyl (C=O) groups is 1. The molecule has 0 spiro atoms. The number of hydrogen-bond acceptors (Lipinski definition) is 4. The number of rotatable bonds is 7. The fraction of sp³-hybridized carbons (Fsp3) is 0.318. The minimum absolute atomic E-state index is 0.213. The summed E-state index contributed by atoms with van der Waals surface area (Å²) in [6, 6.07) is 17.5. The zero-order chi connectivity index (χ0) is 20.6. The van der Waals surface area contributed by atoms with E-state index in [1.165, 1.54) is 6.08 Å². The Morgan fingerprint density at radius 3 is 2.18 bits per heavy atom. The molecule has 0 heterocycles. The molecule has 0 fully saturated rings. The number of benzene rings is 2. The summed E-state index contributed by atoms with van der Waals surface area (Å²) in [5, 5.41) is 3.90. The van der Waals surface area contributed by atoms with E-state index in [1.54, 1.807) is 51.1 Å². The zero-order valence-corrected chi connectivity index (χ0v) is 17.3. The Morgan fingerprint density at radius 1 is 1.04 bits per heavy atom. The first-order chi connectivity index (χ1) is 13.2. The lowest BCUT2D eigenvalue weighted by Gasteiger charge is -2.22. The maximum absolute atomic E-state index is 12.5. The average molecular weight is 402 g/mol. The van der Waals surface area contributed by atoms with Crippen LogP contribution in [0, 0.1) is 0 Å². The third-order valence-corrected chi connectivity index (χ3v) is 5.30. The number of nitrogens with one attached hydrogen (secondary N) is 1. The zero-order valence-electron chi connectivity index (χ0n) is 16.5. The van der Waals surface area contributed by atoms with Gasteiger partial charge in [0.05, 0.1) is 10.9 Å². The van der Waals surface area contributed by atoms with E-state index in [0.717, 1.165) is 11.0 Å². The summed E-state index contributed by atoms with van der Waals surface area (Å²) in [6.45, 7) is 5.34. The van der Waals surface area contributed by atoms with Gasteiger partial charge in [-0.1, -0.05) is 54.6 Å². The number of carbonyl (C=O) groups excluding carboxylic acids is 1. The number of ether oxygens (including phenoxy) is 1. The maximum atomic E-state index is 12.5. The largest absolute Gasteiger partial charge is 0.444 e. The Bertz CT molecular complexity index is 885. The lowest BCUT2D eigenvalue weighted by molar-refractivity contribution is 0.0512. The van der Waals surface area contributed by atoms with E-state index in [9.17, 15) is 13.2 Å². The van der Waals surface area contributed by atoms with Gasteiger partial charge in [0.15, 0.2) is 9.84 Å². The summed E-state index contributed by atoms with van der Waals surface area (Å²) in [5.41, 5.74) is 0.478. The highest BCUT2D eigenvalue weighted by atomic mass is 32.2. The molecule has 5 nitrogen and oxygen atoms in total. The van der Waals surface area contributed by atoms with Crippen LogP contribution in [0.5, 0.6) is 0 Å². The SMILES string of the molecule is CC(C)(C)OC(=O)N[C@@H](/C=C/S(=O)(=O)c1ccccc1)CCc1ccccc1. The Hall–Kier alpha value is -2.60. The molecule has 1 N–H and O–H groups in total. The lowest BCUT2D eigenvalue weighted by atomic mass is 10.1. The Balaban J connectivity index is 2.13. The van der Waals surface area contributed by atoms with Crippen molar-refractivity contribution in [3.63, 3.8) is 0 Å². The van der Waals surface area contributed by atoms with Gasteiger partial charge < -0.3 is 10.1 Å². The minimum atomic E-state index is -3.58. The van der Waals surface area contributed by atoms with Crippen LogP contribution < -0.4 is 5.32 Å². The molecule has 0 unspecified atom stereocenters. The van der Waals surface area contributed by atoms with Crippen molar-refractivity contribution in [2.45, 2.75) is 50.2 Å². The van der Waals surface area contributed by atoms with Crippen molar-refractivity contribution in [2.24, 2.45) is 0 Å². The van der Waals surface area contributed by atoms with Crippen LogP contribution >= 0.6 is 0 Å². The molecule has 0 aliphatic rings. The Morgan fingerprint density at radius 2 is 1.61 bits per heavy atom. The highest BCUT2D eigenvalue weighted by molar-refractivity contribution is 7.94. The van der Waals surface area contributed by atoms with E-state index in [4.69, 9.17) is 4.74 Å². The summed E-state index contributed by atoms with van der Waals surface area (Å²) in [4.78, 5) is 12.4. The monoisotopic (exact) mass is 401 g/mol. The summed E-state index contributed by atoms with van der Waals surface area (Å²) in [7, 11) is -3.58. The fourth-order valence-electron chi connectivity index (χ4n) is 2.53. The smallest absolute Gasteiger partial charge is 0.408 e. The molecule has 0 saturated heterocycles. The second-order valence-electron chi connectivity index (χ2n) is 7.46. The van der Waals surface area contributed by atoms with Crippen LogP contribution in [0.2, 0.25) is 0 Å². The normalized spacial score (nSPS) is 13.2. The van der Waals surface area contributed by atoms with Gasteiger partial charge >= 0.3 is 6.09 Å². The minimum Gasteiger partial charge on any atom is -0.444 e. The van der Waals surface area contributed by atoms with Gasteiger partial charge in [-0.2, -0.15) is 0 Å². The van der Waals surface area contributed by atoms with Crippen LogP contribution in [0.25, 0.3) is 0 Å². The van der Waals surface area contributed by atoms with Gasteiger partial charge in [0.25, 0.3) is 0 Å². The number of hydrogen-bond donors (Lipinski definition) is 1. The second kappa shape index (κ2) is 9.55. The molecule has 2 aromatic rings. The Labute approximate surface area is 167 Å². The molecule has 0 aliphatic heterocycles. The molecule has 0 aromatic heterocycles. The molecule has 6 heteroatoms. The molecule has 2 rings (SSSR count). The van der Waals surface area contributed by atoms with Crippen molar-refractivity contribution in [3.05, 3.63) is 77.7 Å². The number of amides is 1. The molecule has 2 aromatic carbocycles. The summed E-state index contributed by atoms with van der Waals surface area (Å²) in [6.07, 6.45) is 2.17. The topological polar surface area (TPSA) is 72.5 Å². The second-order valence-corrected chi connectivity index (χ2v) is 9.30. The van der Waals surface area contributed by atoms with Gasteiger partial charge in [-0.3, -0.25) is 0 Å². The molecule has 0 bridgehead atoms. The molecule has 0 radical (unpaired) electrons. The van der Waals surface area contributed by atoms with Gasteiger partial charge in [0.1, 0.15) is 5.60 Å². The number of aryl methyl sites for hydroxylation is 1. The van der Waals surface area contributed by atoms with Gasteiger partial charge in [0, 0.05) is 5.41 Å². The first kappa shape index (κ1) is 21.7. The van der Waals surface area contributed by atoms with Crippen LogP contribution in [-0.2, 0) is 21.0 Å². The van der Waals surface area contributed by atoms with Crippen molar-refractivity contribution < 1.29 is 17.9 Å². The third kappa shape index (κ3) is 7.56. The van der Waals surface area contributed by atoms with Crippen molar-refractivity contribution in [2.75, 3.05) is 0 Å². The quantitative estimate of drug-likeness (QED) is 0.741. The standard InChI is InChI=1S/C22H27NO4S/c1-22(2,3)27-21(24)23-19(15-14-18-10-6-4-7-11-18)16-17-28(25,26)20-12-8-5-9-13-20/h4-13,16-17,19H,14-15H2,1-3H3,(H,23,24)/b17-16+/t19-/m1/s1. The van der Waals surface area contributed by atoms with Gasteiger partial charge in [-0.05, 0) is 51.3 Å². The Kier molecular flexibility index (Phi) is 7.40. The highest BCUT2D eigenvalue weighted by Gasteiger charge is 2.19. The first-order valence-corrected chi connectivity index (χ1v) is 10.7. The van der Waals surface area contributed by atoms with Crippen LogP contribution in [0.1, 0.15) is 32.8 Å². The van der Waals surface area contributed by atoms with Crippen LogP contribution in [0.3, 0.4) is 0 Å². The molecule has 150 valence electrons. The van der Waals surface area contributed by atoms with Crippen LogP contribution in [0.15, 0.2) is 77.0 Å². The van der Waals surface area contributed by atoms with E-state index in [-0.39, 0.29) is 4.90 Å². The van der Waals surface area contributed by atoms with E-state index >= 15 is 0 Å². The van der Waals surface area contributed by atoms with E-state index in [1.807, 2.05) is 30.3 Å². The first-order valence-electron chi connectivity index (χ1n) is 9.17. The summed E-state index contributed by atoms with van der Waals surface area (Å²) >= 11 is 0.